The van der Waals surface area contributed by atoms with Crippen LogP contribution in [0.3, 0.4) is 0 Å². The Balaban J connectivity index is 2.05. The molecule has 0 radical (unpaired) electrons. The molecule has 1 aromatic heterocycles. The molecule has 1 amide bonds. The number of benzene rings is 2. The number of hydrogen-bond donors (Lipinski definition) is 1. The van der Waals surface area contributed by atoms with Gasteiger partial charge < -0.3 is 19.4 Å². The Bertz CT molecular complexity index is 991. The summed E-state index contributed by atoms with van der Waals surface area (Å²) in [7, 11) is 5.29. The van der Waals surface area contributed by atoms with E-state index >= 15 is 0 Å². The van der Waals surface area contributed by atoms with Crippen molar-refractivity contribution in [2.24, 2.45) is 13.0 Å². The summed E-state index contributed by atoms with van der Waals surface area (Å²) in [5, 5.41) is 4.22. The van der Waals surface area contributed by atoms with Gasteiger partial charge in [-0.05, 0) is 35.2 Å². The molecule has 5 heteroatoms. The zero-order chi connectivity index (χ0) is 21.0. The molecular formula is C24H30N2O3. The van der Waals surface area contributed by atoms with Gasteiger partial charge >= 0.3 is 0 Å². The Labute approximate surface area is 172 Å². The van der Waals surface area contributed by atoms with Crippen LogP contribution in [0.2, 0.25) is 0 Å². The number of nitrogens with zero attached hydrogens (tertiary/aromatic N) is 1. The van der Waals surface area contributed by atoms with Crippen molar-refractivity contribution >= 4 is 16.8 Å². The summed E-state index contributed by atoms with van der Waals surface area (Å²) >= 11 is 0. The predicted molar refractivity (Wildman–Crippen MR) is 117 cm³/mol. The van der Waals surface area contributed by atoms with Gasteiger partial charge in [-0.1, -0.05) is 38.1 Å². The topological polar surface area (TPSA) is 52.5 Å². The lowest BCUT2D eigenvalue weighted by Gasteiger charge is -2.19. The van der Waals surface area contributed by atoms with Crippen LogP contribution in [0, 0.1) is 5.92 Å². The summed E-state index contributed by atoms with van der Waals surface area (Å²) in [4.78, 5) is 12.8. The molecule has 154 valence electrons. The SMILES string of the molecule is COc1ccc([C@H](CC(=O)NCC(C)C)c2cn(C)c3ccccc23)cc1OC. The number of ether oxygens (including phenoxy) is 2. The number of nitrogens with one attached hydrogen (secondary N) is 1. The van der Waals surface area contributed by atoms with Crippen LogP contribution in [0.25, 0.3) is 10.9 Å². The number of aryl methyl sites for hydroxylation is 1. The van der Waals surface area contributed by atoms with Gasteiger partial charge in [-0.2, -0.15) is 0 Å². The van der Waals surface area contributed by atoms with Gasteiger partial charge in [0.2, 0.25) is 5.91 Å². The molecule has 0 bridgehead atoms. The number of rotatable bonds is 8. The average molecular weight is 395 g/mol. The van der Waals surface area contributed by atoms with Crippen molar-refractivity contribution in [2.45, 2.75) is 26.2 Å². The highest BCUT2D eigenvalue weighted by Gasteiger charge is 2.23. The molecular weight excluding hydrogens is 364 g/mol. The fourth-order valence-electron chi connectivity index (χ4n) is 3.70. The minimum atomic E-state index is -0.0898. The summed E-state index contributed by atoms with van der Waals surface area (Å²) in [5.41, 5.74) is 3.31. The van der Waals surface area contributed by atoms with E-state index in [1.54, 1.807) is 14.2 Å². The molecule has 0 aliphatic heterocycles. The molecule has 0 aliphatic rings. The third kappa shape index (κ3) is 4.56. The van der Waals surface area contributed by atoms with E-state index in [1.807, 2.05) is 37.4 Å². The molecule has 0 spiro atoms. The zero-order valence-corrected chi connectivity index (χ0v) is 17.9. The van der Waals surface area contributed by atoms with Crippen molar-refractivity contribution < 1.29 is 14.3 Å². The smallest absolute Gasteiger partial charge is 0.220 e. The van der Waals surface area contributed by atoms with Crippen LogP contribution in [0.1, 0.15) is 37.3 Å². The second-order valence-corrected chi connectivity index (χ2v) is 7.78. The van der Waals surface area contributed by atoms with Crippen LogP contribution in [0.15, 0.2) is 48.7 Å². The Morgan fingerprint density at radius 3 is 2.48 bits per heavy atom. The highest BCUT2D eigenvalue weighted by molar-refractivity contribution is 5.86. The molecule has 1 atom stereocenters. The molecule has 2 aromatic carbocycles. The largest absolute Gasteiger partial charge is 0.493 e. The molecule has 5 nitrogen and oxygen atoms in total. The van der Waals surface area contributed by atoms with Gasteiger partial charge in [0.1, 0.15) is 0 Å². The van der Waals surface area contributed by atoms with Crippen molar-refractivity contribution in [1.29, 1.82) is 0 Å². The molecule has 3 aromatic rings. The van der Waals surface area contributed by atoms with Crippen molar-refractivity contribution in [3.05, 3.63) is 59.8 Å². The summed E-state index contributed by atoms with van der Waals surface area (Å²) in [6.07, 6.45) is 2.50. The third-order valence-electron chi connectivity index (χ3n) is 5.21. The standard InChI is InChI=1S/C24H30N2O3/c1-16(2)14-25-24(27)13-19(17-10-11-22(28-4)23(12-17)29-5)20-15-26(3)21-9-7-6-8-18(20)21/h6-12,15-16,19H,13-14H2,1-5H3,(H,25,27)/t19-/m0/s1. The van der Waals surface area contributed by atoms with E-state index in [1.165, 1.54) is 0 Å². The van der Waals surface area contributed by atoms with Gasteiger partial charge in [0.15, 0.2) is 11.5 Å². The molecule has 0 fully saturated rings. The normalized spacial score (nSPS) is 12.2. The minimum Gasteiger partial charge on any atom is -0.493 e. The number of methoxy groups -OCH3 is 2. The number of para-hydroxylation sites is 1. The maximum Gasteiger partial charge on any atom is 0.220 e. The van der Waals surface area contributed by atoms with E-state index < -0.39 is 0 Å². The van der Waals surface area contributed by atoms with E-state index in [2.05, 4.69) is 42.1 Å². The molecule has 0 saturated carbocycles. The molecule has 29 heavy (non-hydrogen) atoms. The maximum atomic E-state index is 12.8. The third-order valence-corrected chi connectivity index (χ3v) is 5.21. The highest BCUT2D eigenvalue weighted by atomic mass is 16.5. The number of carbonyl (C=O) groups excluding carboxylic acids is 1. The first-order chi connectivity index (χ1) is 13.9. The maximum absolute atomic E-state index is 12.8. The molecule has 3 rings (SSSR count). The van der Waals surface area contributed by atoms with Crippen molar-refractivity contribution in [3.63, 3.8) is 0 Å². The van der Waals surface area contributed by atoms with Crippen LogP contribution in [0.4, 0.5) is 0 Å². The molecule has 0 aliphatic carbocycles. The first kappa shape index (κ1) is 20.8. The molecule has 1 N–H and O–H groups in total. The fraction of sp³-hybridized carbons (Fsp3) is 0.375. The van der Waals surface area contributed by atoms with Crippen LogP contribution >= 0.6 is 0 Å². The first-order valence-corrected chi connectivity index (χ1v) is 9.97. The summed E-state index contributed by atoms with van der Waals surface area (Å²) in [6, 6.07) is 14.2. The monoisotopic (exact) mass is 394 g/mol. The average Bonchev–Trinajstić information content (AvgIpc) is 3.06. The van der Waals surface area contributed by atoms with Crippen LogP contribution in [0.5, 0.6) is 11.5 Å². The van der Waals surface area contributed by atoms with Gasteiger partial charge in [0, 0.05) is 43.0 Å². The van der Waals surface area contributed by atoms with Crippen LogP contribution in [-0.4, -0.2) is 31.2 Å². The number of aromatic nitrogens is 1. The number of fused-ring (bicyclic) bond motifs is 1. The highest BCUT2D eigenvalue weighted by Crippen LogP contribution is 2.38. The fourth-order valence-corrected chi connectivity index (χ4v) is 3.70. The number of amides is 1. The van der Waals surface area contributed by atoms with E-state index in [9.17, 15) is 4.79 Å². The lowest BCUT2D eigenvalue weighted by molar-refractivity contribution is -0.121. The Kier molecular flexibility index (Phi) is 6.47. The van der Waals surface area contributed by atoms with Gasteiger partial charge in [0.25, 0.3) is 0 Å². The quantitative estimate of drug-likeness (QED) is 0.612. The predicted octanol–water partition coefficient (Wildman–Crippen LogP) is 4.49. The molecule has 0 unspecified atom stereocenters. The van der Waals surface area contributed by atoms with Gasteiger partial charge in [-0.25, -0.2) is 0 Å². The Hall–Kier alpha value is -2.95. The molecule has 1 heterocycles. The van der Waals surface area contributed by atoms with E-state index in [0.717, 1.165) is 22.0 Å². The summed E-state index contributed by atoms with van der Waals surface area (Å²) in [5.74, 6) is 1.71. The van der Waals surface area contributed by atoms with Gasteiger partial charge in [-0.15, -0.1) is 0 Å². The lowest BCUT2D eigenvalue weighted by atomic mass is 9.87. The van der Waals surface area contributed by atoms with E-state index in [4.69, 9.17) is 9.47 Å². The van der Waals surface area contributed by atoms with Gasteiger partial charge in [0.05, 0.1) is 14.2 Å². The van der Waals surface area contributed by atoms with Crippen molar-refractivity contribution in [3.8, 4) is 11.5 Å². The minimum absolute atomic E-state index is 0.0476. The Morgan fingerprint density at radius 2 is 1.79 bits per heavy atom. The first-order valence-electron chi connectivity index (χ1n) is 9.97. The van der Waals surface area contributed by atoms with Crippen LogP contribution < -0.4 is 14.8 Å². The number of carbonyl (C=O) groups is 1. The van der Waals surface area contributed by atoms with Crippen molar-refractivity contribution in [2.75, 3.05) is 20.8 Å². The lowest BCUT2D eigenvalue weighted by Crippen LogP contribution is -2.28. The molecule has 0 saturated heterocycles. The second kappa shape index (κ2) is 9.03. The zero-order valence-electron chi connectivity index (χ0n) is 17.9. The Morgan fingerprint density at radius 1 is 1.07 bits per heavy atom. The second-order valence-electron chi connectivity index (χ2n) is 7.78. The van der Waals surface area contributed by atoms with E-state index in [0.29, 0.717) is 30.4 Å². The summed E-state index contributed by atoms with van der Waals surface area (Å²) < 4.78 is 13.0. The number of hydrogen-bond acceptors (Lipinski definition) is 3. The van der Waals surface area contributed by atoms with Gasteiger partial charge in [-0.3, -0.25) is 4.79 Å². The van der Waals surface area contributed by atoms with Crippen LogP contribution in [-0.2, 0) is 11.8 Å². The summed E-state index contributed by atoms with van der Waals surface area (Å²) in [6.45, 7) is 4.86. The van der Waals surface area contributed by atoms with E-state index in [-0.39, 0.29) is 11.8 Å². The van der Waals surface area contributed by atoms with Crippen molar-refractivity contribution in [1.82, 2.24) is 9.88 Å².